The van der Waals surface area contributed by atoms with Crippen molar-refractivity contribution in [2.24, 2.45) is 5.41 Å². The van der Waals surface area contributed by atoms with E-state index in [1.165, 1.54) is 0 Å². The molecule has 0 fully saturated rings. The number of amides is 1. The third-order valence-corrected chi connectivity index (χ3v) is 2.70. The number of nitrogens with zero attached hydrogens (tertiary/aromatic N) is 1. The first-order valence-electron chi connectivity index (χ1n) is 5.54. The number of rotatable bonds is 4. The van der Waals surface area contributed by atoms with Gasteiger partial charge in [-0.05, 0) is 32.7 Å². The van der Waals surface area contributed by atoms with Crippen LogP contribution in [0.15, 0.2) is 0 Å². The first-order chi connectivity index (χ1) is 6.60. The second-order valence-electron chi connectivity index (χ2n) is 5.91. The average Bonchev–Trinajstić information content (AvgIpc) is 2.11. The van der Waals surface area contributed by atoms with Crippen molar-refractivity contribution in [1.29, 1.82) is 0 Å². The van der Waals surface area contributed by atoms with Crippen molar-refractivity contribution in [3.63, 3.8) is 0 Å². The van der Waals surface area contributed by atoms with Crippen molar-refractivity contribution >= 4 is 5.91 Å². The third-order valence-electron chi connectivity index (χ3n) is 2.70. The summed E-state index contributed by atoms with van der Waals surface area (Å²) in [6.45, 7) is 11.2. The van der Waals surface area contributed by atoms with Crippen LogP contribution >= 0.6 is 0 Å². The highest BCUT2D eigenvalue weighted by Crippen LogP contribution is 2.19. The van der Waals surface area contributed by atoms with Gasteiger partial charge in [-0.2, -0.15) is 0 Å². The van der Waals surface area contributed by atoms with Crippen molar-refractivity contribution < 1.29 is 4.79 Å². The zero-order chi connectivity index (χ0) is 12.3. The van der Waals surface area contributed by atoms with Crippen molar-refractivity contribution in [1.82, 2.24) is 10.2 Å². The molecule has 0 atom stereocenters. The monoisotopic (exact) mass is 214 g/mol. The van der Waals surface area contributed by atoms with E-state index in [0.717, 1.165) is 13.0 Å². The fraction of sp³-hybridized carbons (Fsp3) is 0.917. The molecule has 0 heterocycles. The molecule has 90 valence electrons. The van der Waals surface area contributed by atoms with Gasteiger partial charge in [0.05, 0.1) is 5.54 Å². The van der Waals surface area contributed by atoms with Crippen molar-refractivity contribution in [3.05, 3.63) is 0 Å². The normalized spacial score (nSPS) is 12.7. The largest absolute Gasteiger partial charge is 0.344 e. The number of likely N-dealkylation sites (N-methyl/N-ethyl adjacent to an activating group) is 2. The van der Waals surface area contributed by atoms with E-state index >= 15 is 0 Å². The number of carbonyl (C=O) groups is 1. The maximum absolute atomic E-state index is 12.0. The Hall–Kier alpha value is -0.570. The maximum Gasteiger partial charge on any atom is 0.242 e. The summed E-state index contributed by atoms with van der Waals surface area (Å²) in [6.07, 6.45) is 1.02. The van der Waals surface area contributed by atoms with Gasteiger partial charge in [0.15, 0.2) is 0 Å². The smallest absolute Gasteiger partial charge is 0.242 e. The van der Waals surface area contributed by atoms with Gasteiger partial charge in [-0.15, -0.1) is 0 Å². The van der Waals surface area contributed by atoms with Crippen LogP contribution in [0.5, 0.6) is 0 Å². The van der Waals surface area contributed by atoms with Crippen LogP contribution in [0, 0.1) is 5.41 Å². The number of hydrogen-bond donors (Lipinski definition) is 1. The van der Waals surface area contributed by atoms with Gasteiger partial charge in [-0.3, -0.25) is 4.79 Å². The summed E-state index contributed by atoms with van der Waals surface area (Å²) < 4.78 is 0. The standard InChI is InChI=1S/C12H26N2O/c1-11(2,3)8-9-14(7)10(15)12(4,5)13-6/h13H,8-9H2,1-7H3. The SMILES string of the molecule is CNC(C)(C)C(=O)N(C)CCC(C)(C)C. The molecule has 0 aromatic heterocycles. The Balaban J connectivity index is 4.23. The fourth-order valence-electron chi connectivity index (χ4n) is 1.19. The molecule has 0 unspecified atom stereocenters. The summed E-state index contributed by atoms with van der Waals surface area (Å²) in [5, 5.41) is 3.03. The molecule has 0 saturated heterocycles. The molecule has 0 radical (unpaired) electrons. The van der Waals surface area contributed by atoms with Crippen LogP contribution in [0.25, 0.3) is 0 Å². The second-order valence-corrected chi connectivity index (χ2v) is 5.91. The van der Waals surface area contributed by atoms with Crippen LogP contribution in [0.2, 0.25) is 0 Å². The van der Waals surface area contributed by atoms with Crippen LogP contribution in [-0.4, -0.2) is 37.0 Å². The van der Waals surface area contributed by atoms with Crippen LogP contribution in [0.4, 0.5) is 0 Å². The molecular formula is C12H26N2O. The molecule has 0 aliphatic rings. The maximum atomic E-state index is 12.0. The molecule has 0 aliphatic carbocycles. The van der Waals surface area contributed by atoms with E-state index in [2.05, 4.69) is 26.1 Å². The van der Waals surface area contributed by atoms with Gasteiger partial charge >= 0.3 is 0 Å². The molecule has 0 saturated carbocycles. The predicted molar refractivity (Wildman–Crippen MR) is 64.8 cm³/mol. The molecular weight excluding hydrogens is 188 g/mol. The molecule has 0 spiro atoms. The first kappa shape index (κ1) is 14.4. The summed E-state index contributed by atoms with van der Waals surface area (Å²) in [4.78, 5) is 13.8. The Morgan fingerprint density at radius 3 is 2.00 bits per heavy atom. The lowest BCUT2D eigenvalue weighted by Crippen LogP contribution is -2.52. The van der Waals surface area contributed by atoms with E-state index in [1.807, 2.05) is 32.8 Å². The molecule has 15 heavy (non-hydrogen) atoms. The molecule has 0 aliphatic heterocycles. The van der Waals surface area contributed by atoms with Crippen LogP contribution in [0.3, 0.4) is 0 Å². The van der Waals surface area contributed by atoms with Gasteiger partial charge in [0.2, 0.25) is 5.91 Å². The van der Waals surface area contributed by atoms with Gasteiger partial charge in [0.1, 0.15) is 0 Å². The summed E-state index contributed by atoms with van der Waals surface area (Å²) in [6, 6.07) is 0. The summed E-state index contributed by atoms with van der Waals surface area (Å²) in [7, 11) is 3.68. The Kier molecular flexibility index (Phi) is 4.78. The third kappa shape index (κ3) is 5.17. The minimum Gasteiger partial charge on any atom is -0.344 e. The molecule has 3 nitrogen and oxygen atoms in total. The second kappa shape index (κ2) is 4.97. The quantitative estimate of drug-likeness (QED) is 0.775. The highest BCUT2D eigenvalue weighted by molar-refractivity contribution is 5.85. The van der Waals surface area contributed by atoms with Crippen molar-refractivity contribution in [3.8, 4) is 0 Å². The topological polar surface area (TPSA) is 32.3 Å². The average molecular weight is 214 g/mol. The highest BCUT2D eigenvalue weighted by Gasteiger charge is 2.28. The van der Waals surface area contributed by atoms with Gasteiger partial charge < -0.3 is 10.2 Å². The van der Waals surface area contributed by atoms with E-state index in [-0.39, 0.29) is 11.3 Å². The summed E-state index contributed by atoms with van der Waals surface area (Å²) >= 11 is 0. The van der Waals surface area contributed by atoms with Crippen molar-refractivity contribution in [2.75, 3.05) is 20.6 Å². The van der Waals surface area contributed by atoms with E-state index in [9.17, 15) is 4.79 Å². The van der Waals surface area contributed by atoms with Gasteiger partial charge in [-0.25, -0.2) is 0 Å². The highest BCUT2D eigenvalue weighted by atomic mass is 16.2. The van der Waals surface area contributed by atoms with E-state index in [4.69, 9.17) is 0 Å². The minimum absolute atomic E-state index is 0.147. The van der Waals surface area contributed by atoms with Crippen LogP contribution in [0.1, 0.15) is 41.0 Å². The lowest BCUT2D eigenvalue weighted by molar-refractivity contribution is -0.135. The van der Waals surface area contributed by atoms with Crippen LogP contribution < -0.4 is 5.32 Å². The Morgan fingerprint density at radius 1 is 1.20 bits per heavy atom. The van der Waals surface area contributed by atoms with E-state index in [1.54, 1.807) is 0 Å². The lowest BCUT2D eigenvalue weighted by atomic mass is 9.92. The number of carbonyl (C=O) groups excluding carboxylic acids is 1. The number of nitrogens with one attached hydrogen (secondary N) is 1. The molecule has 1 amide bonds. The van der Waals surface area contributed by atoms with E-state index < -0.39 is 5.54 Å². The Labute approximate surface area is 94.2 Å². The lowest BCUT2D eigenvalue weighted by Gasteiger charge is -2.30. The molecule has 0 aromatic rings. The molecule has 0 rings (SSSR count). The molecule has 0 aromatic carbocycles. The predicted octanol–water partition coefficient (Wildman–Crippen LogP) is 1.88. The Morgan fingerprint density at radius 2 is 1.67 bits per heavy atom. The van der Waals surface area contributed by atoms with Gasteiger partial charge in [0.25, 0.3) is 0 Å². The summed E-state index contributed by atoms with van der Waals surface area (Å²) in [5.74, 6) is 0.147. The first-order valence-corrected chi connectivity index (χ1v) is 5.54. The van der Waals surface area contributed by atoms with Gasteiger partial charge in [-0.1, -0.05) is 20.8 Å². The molecule has 1 N–H and O–H groups in total. The Bertz CT molecular complexity index is 216. The minimum atomic E-state index is -0.466. The zero-order valence-corrected chi connectivity index (χ0v) is 11.3. The number of hydrogen-bond acceptors (Lipinski definition) is 2. The van der Waals surface area contributed by atoms with Crippen LogP contribution in [-0.2, 0) is 4.79 Å². The molecule has 3 heteroatoms. The fourth-order valence-corrected chi connectivity index (χ4v) is 1.19. The van der Waals surface area contributed by atoms with Gasteiger partial charge in [0, 0.05) is 13.6 Å². The van der Waals surface area contributed by atoms with E-state index in [0.29, 0.717) is 0 Å². The summed E-state index contributed by atoms with van der Waals surface area (Å²) in [5.41, 5.74) is -0.190. The zero-order valence-electron chi connectivity index (χ0n) is 11.3. The van der Waals surface area contributed by atoms with Crippen molar-refractivity contribution in [2.45, 2.75) is 46.6 Å². The molecule has 0 bridgehead atoms.